The zero-order chi connectivity index (χ0) is 15.6. The average Bonchev–Trinajstić information content (AvgIpc) is 2.28. The zero-order valence-electron chi connectivity index (χ0n) is 12.6. The Morgan fingerprint density at radius 1 is 1.35 bits per heavy atom. The van der Waals surface area contributed by atoms with Gasteiger partial charge >= 0.3 is 0 Å². The van der Waals surface area contributed by atoms with Crippen molar-refractivity contribution in [2.24, 2.45) is 0 Å². The average molecular weight is 320 g/mol. The SMILES string of the molecule is CN(C)CCS(=O)(=O)Nc1cc(C(C)(C)C)cnc1Cl. The van der Waals surface area contributed by atoms with Gasteiger partial charge in [-0.25, -0.2) is 13.4 Å². The zero-order valence-corrected chi connectivity index (χ0v) is 14.1. The van der Waals surface area contributed by atoms with Gasteiger partial charge in [-0.15, -0.1) is 0 Å². The lowest BCUT2D eigenvalue weighted by molar-refractivity contribution is 0.432. The van der Waals surface area contributed by atoms with Crippen LogP contribution in [0.25, 0.3) is 0 Å². The van der Waals surface area contributed by atoms with Crippen LogP contribution in [0.5, 0.6) is 0 Å². The molecule has 0 unspecified atom stereocenters. The lowest BCUT2D eigenvalue weighted by Gasteiger charge is -2.20. The summed E-state index contributed by atoms with van der Waals surface area (Å²) in [6.45, 7) is 6.53. The standard InChI is InChI=1S/C13H22ClN3O2S/c1-13(2,3)10-8-11(12(14)15-9-10)16-20(18,19)7-6-17(4)5/h8-9,16H,6-7H2,1-5H3. The monoisotopic (exact) mass is 319 g/mol. The Kier molecular flexibility index (Phi) is 5.40. The van der Waals surface area contributed by atoms with E-state index >= 15 is 0 Å². The van der Waals surface area contributed by atoms with Crippen molar-refractivity contribution in [2.75, 3.05) is 31.1 Å². The molecule has 0 atom stereocenters. The highest BCUT2D eigenvalue weighted by Gasteiger charge is 2.18. The molecule has 0 aliphatic heterocycles. The number of rotatable bonds is 5. The summed E-state index contributed by atoms with van der Waals surface area (Å²) < 4.78 is 26.5. The van der Waals surface area contributed by atoms with Gasteiger partial charge in [0.1, 0.15) is 0 Å². The molecule has 0 aliphatic carbocycles. The number of hydrogen-bond donors (Lipinski definition) is 1. The first-order valence-electron chi connectivity index (χ1n) is 6.32. The molecule has 1 aromatic heterocycles. The van der Waals surface area contributed by atoms with Crippen molar-refractivity contribution in [3.05, 3.63) is 23.0 Å². The van der Waals surface area contributed by atoms with Crippen molar-refractivity contribution in [3.8, 4) is 0 Å². The first-order valence-corrected chi connectivity index (χ1v) is 8.35. The number of nitrogens with zero attached hydrogens (tertiary/aromatic N) is 2. The maximum Gasteiger partial charge on any atom is 0.234 e. The maximum atomic E-state index is 12.0. The largest absolute Gasteiger partial charge is 0.308 e. The minimum Gasteiger partial charge on any atom is -0.308 e. The van der Waals surface area contributed by atoms with E-state index in [-0.39, 0.29) is 16.3 Å². The van der Waals surface area contributed by atoms with E-state index in [1.165, 1.54) is 0 Å². The van der Waals surface area contributed by atoms with Crippen molar-refractivity contribution in [2.45, 2.75) is 26.2 Å². The van der Waals surface area contributed by atoms with Gasteiger partial charge in [0.15, 0.2) is 5.15 Å². The van der Waals surface area contributed by atoms with Crippen LogP contribution in [0.4, 0.5) is 5.69 Å². The molecule has 1 N–H and O–H groups in total. The van der Waals surface area contributed by atoms with Gasteiger partial charge < -0.3 is 4.90 Å². The molecule has 114 valence electrons. The molecule has 0 aromatic carbocycles. The third-order valence-corrected chi connectivity index (χ3v) is 4.33. The van der Waals surface area contributed by atoms with Crippen LogP contribution in [-0.4, -0.2) is 44.7 Å². The molecule has 5 nitrogen and oxygen atoms in total. The number of aromatic nitrogens is 1. The summed E-state index contributed by atoms with van der Waals surface area (Å²) in [6, 6.07) is 1.74. The fraction of sp³-hybridized carbons (Fsp3) is 0.615. The van der Waals surface area contributed by atoms with Gasteiger partial charge in [0, 0.05) is 12.7 Å². The van der Waals surface area contributed by atoms with E-state index in [0.29, 0.717) is 12.2 Å². The van der Waals surface area contributed by atoms with Crippen LogP contribution in [0.15, 0.2) is 12.3 Å². The lowest BCUT2D eigenvalue weighted by atomic mass is 9.88. The van der Waals surface area contributed by atoms with Crippen LogP contribution in [0.2, 0.25) is 5.15 Å². The highest BCUT2D eigenvalue weighted by atomic mass is 35.5. The van der Waals surface area contributed by atoms with Crippen LogP contribution in [-0.2, 0) is 15.4 Å². The van der Waals surface area contributed by atoms with Crippen molar-refractivity contribution < 1.29 is 8.42 Å². The third-order valence-electron chi connectivity index (χ3n) is 2.78. The Bertz CT molecular complexity index is 565. The molecule has 0 fully saturated rings. The molecule has 0 amide bonds. The summed E-state index contributed by atoms with van der Waals surface area (Å²) in [6.07, 6.45) is 1.67. The fourth-order valence-corrected chi connectivity index (χ4v) is 2.86. The first-order chi connectivity index (χ1) is 9.01. The summed E-state index contributed by atoms with van der Waals surface area (Å²) in [5.41, 5.74) is 1.13. The predicted octanol–water partition coefficient (Wildman–Crippen LogP) is 2.34. The second kappa shape index (κ2) is 6.28. The quantitative estimate of drug-likeness (QED) is 0.846. The molecule has 1 heterocycles. The molecule has 0 aliphatic rings. The van der Waals surface area contributed by atoms with Crippen molar-refractivity contribution >= 4 is 27.3 Å². The summed E-state index contributed by atoms with van der Waals surface area (Å²) in [5.74, 6) is 0.00999. The van der Waals surface area contributed by atoms with Crippen molar-refractivity contribution in [3.63, 3.8) is 0 Å². The van der Waals surface area contributed by atoms with Crippen LogP contribution in [0, 0.1) is 0 Å². The second-order valence-corrected chi connectivity index (χ2v) is 8.24. The predicted molar refractivity (Wildman–Crippen MR) is 83.9 cm³/mol. The van der Waals surface area contributed by atoms with E-state index in [1.807, 2.05) is 39.8 Å². The van der Waals surface area contributed by atoms with Crippen LogP contribution < -0.4 is 4.72 Å². The minimum absolute atomic E-state index is 0.00999. The van der Waals surface area contributed by atoms with Gasteiger partial charge in [0.05, 0.1) is 11.4 Å². The molecule has 0 saturated heterocycles. The van der Waals surface area contributed by atoms with Crippen LogP contribution >= 0.6 is 11.6 Å². The van der Waals surface area contributed by atoms with E-state index in [2.05, 4.69) is 9.71 Å². The summed E-state index contributed by atoms with van der Waals surface area (Å²) in [4.78, 5) is 5.86. The smallest absolute Gasteiger partial charge is 0.234 e. The number of halogens is 1. The Morgan fingerprint density at radius 2 is 1.95 bits per heavy atom. The van der Waals surface area contributed by atoms with Gasteiger partial charge in [-0.3, -0.25) is 4.72 Å². The Morgan fingerprint density at radius 3 is 2.45 bits per heavy atom. The fourth-order valence-electron chi connectivity index (χ4n) is 1.45. The van der Waals surface area contributed by atoms with Crippen LogP contribution in [0.1, 0.15) is 26.3 Å². The van der Waals surface area contributed by atoms with Crippen molar-refractivity contribution in [1.29, 1.82) is 0 Å². The van der Waals surface area contributed by atoms with Gasteiger partial charge in [0.25, 0.3) is 0 Å². The molecule has 7 heteroatoms. The highest BCUT2D eigenvalue weighted by molar-refractivity contribution is 7.92. The summed E-state index contributed by atoms with van der Waals surface area (Å²) >= 11 is 5.97. The van der Waals surface area contributed by atoms with E-state index < -0.39 is 10.0 Å². The third kappa shape index (κ3) is 5.26. The van der Waals surface area contributed by atoms with Crippen LogP contribution in [0.3, 0.4) is 0 Å². The molecular weight excluding hydrogens is 298 g/mol. The molecule has 1 rings (SSSR count). The van der Waals surface area contributed by atoms with Gasteiger partial charge in [0.2, 0.25) is 10.0 Å². The first kappa shape index (κ1) is 17.2. The van der Waals surface area contributed by atoms with E-state index in [4.69, 9.17) is 11.6 Å². The number of nitrogens with one attached hydrogen (secondary N) is 1. The van der Waals surface area contributed by atoms with E-state index in [9.17, 15) is 8.42 Å². The molecule has 20 heavy (non-hydrogen) atoms. The topological polar surface area (TPSA) is 62.3 Å². The van der Waals surface area contributed by atoms with Gasteiger partial charge in [-0.05, 0) is 31.1 Å². The normalized spacial score (nSPS) is 12.8. The van der Waals surface area contributed by atoms with Crippen molar-refractivity contribution in [1.82, 2.24) is 9.88 Å². The number of anilines is 1. The Labute approximate surface area is 126 Å². The Balaban J connectivity index is 2.97. The molecule has 0 saturated carbocycles. The van der Waals surface area contributed by atoms with Gasteiger partial charge in [-0.2, -0.15) is 0 Å². The molecule has 0 bridgehead atoms. The van der Waals surface area contributed by atoms with E-state index in [1.54, 1.807) is 12.3 Å². The molecule has 0 spiro atoms. The van der Waals surface area contributed by atoms with E-state index in [0.717, 1.165) is 5.56 Å². The summed E-state index contributed by atoms with van der Waals surface area (Å²) in [7, 11) is 0.217. The van der Waals surface area contributed by atoms with Gasteiger partial charge in [-0.1, -0.05) is 32.4 Å². The highest BCUT2D eigenvalue weighted by Crippen LogP contribution is 2.28. The molecule has 0 radical (unpaired) electrons. The molecule has 1 aromatic rings. The number of sulfonamides is 1. The molecular formula is C13H22ClN3O2S. The lowest BCUT2D eigenvalue weighted by Crippen LogP contribution is -2.26. The maximum absolute atomic E-state index is 12.0. The number of pyridine rings is 1. The number of hydrogen-bond acceptors (Lipinski definition) is 4. The Hall–Kier alpha value is -0.850. The summed E-state index contributed by atoms with van der Waals surface area (Å²) in [5, 5.41) is 0.159. The minimum atomic E-state index is -3.43. The second-order valence-electron chi connectivity index (χ2n) is 6.04.